The largest absolute Gasteiger partial charge is 0.486 e. The summed E-state index contributed by atoms with van der Waals surface area (Å²) in [6, 6.07) is 28.7. The molecule has 4 nitrogen and oxygen atoms in total. The van der Waals surface area contributed by atoms with E-state index in [1.54, 1.807) is 17.4 Å². The fourth-order valence-electron chi connectivity index (χ4n) is 11.2. The van der Waals surface area contributed by atoms with Gasteiger partial charge in [0.1, 0.15) is 0 Å². The molecule has 0 radical (unpaired) electrons. The number of fused-ring (bicyclic) bond motifs is 3. The van der Waals surface area contributed by atoms with Crippen LogP contribution < -0.4 is 0 Å². The zero-order valence-electron chi connectivity index (χ0n) is 47.2. The number of carbonyl (C=O) groups is 1. The Morgan fingerprint density at radius 2 is 0.857 bits per heavy atom. The minimum absolute atomic E-state index is 0.228. The van der Waals surface area contributed by atoms with E-state index in [-0.39, 0.29) is 5.70 Å². The molecule has 8 aromatic rings. The van der Waals surface area contributed by atoms with Crippen molar-refractivity contribution < 1.29 is 9.90 Å². The molecule has 0 bridgehead atoms. The number of thiophene rings is 5. The molecule has 6 aromatic heterocycles. The highest BCUT2D eigenvalue weighted by Crippen LogP contribution is 2.52. The second-order valence-electron chi connectivity index (χ2n) is 21.4. The zero-order valence-corrected chi connectivity index (χ0v) is 51.3. The molecule has 8 rings (SSSR count). The van der Waals surface area contributed by atoms with Crippen LogP contribution in [0.15, 0.2) is 78.5 Å². The predicted octanol–water partition coefficient (Wildman–Crippen LogP) is 23.4. The monoisotopic (exact) mass is 1120 g/mol. The molecule has 6 heterocycles. The van der Waals surface area contributed by atoms with Crippen LogP contribution in [0.4, 0.5) is 0 Å². The smallest absolute Gasteiger partial charge is 0.333 e. The van der Waals surface area contributed by atoms with E-state index in [2.05, 4.69) is 135 Å². The lowest BCUT2D eigenvalue weighted by atomic mass is 10.0. The van der Waals surface area contributed by atoms with Gasteiger partial charge in [-0.15, -0.1) is 56.7 Å². The topological polar surface area (TPSA) is 46.6 Å². The van der Waals surface area contributed by atoms with Gasteiger partial charge in [-0.05, 0) is 159 Å². The van der Waals surface area contributed by atoms with Crippen molar-refractivity contribution >= 4 is 90.5 Å². The van der Waals surface area contributed by atoms with E-state index in [4.69, 9.17) is 6.57 Å². The van der Waals surface area contributed by atoms with Crippen molar-refractivity contribution in [1.29, 1.82) is 0 Å². The number of aromatic nitrogens is 1. The Hall–Kier alpha value is -4.56. The molecule has 0 amide bonds. The number of aryl methyl sites for hydroxylation is 6. The van der Waals surface area contributed by atoms with E-state index in [0.29, 0.717) is 0 Å². The summed E-state index contributed by atoms with van der Waals surface area (Å²) in [5, 5.41) is 12.5. The van der Waals surface area contributed by atoms with Crippen LogP contribution >= 0.6 is 56.7 Å². The van der Waals surface area contributed by atoms with Gasteiger partial charge in [0, 0.05) is 77.1 Å². The first kappa shape index (κ1) is 58.6. The van der Waals surface area contributed by atoms with Gasteiger partial charge in [0.05, 0.1) is 6.57 Å². The molecule has 2 aromatic carbocycles. The summed E-state index contributed by atoms with van der Waals surface area (Å²) in [6.07, 6.45) is 31.4. The molecule has 0 saturated heterocycles. The Bertz CT molecular complexity index is 3240. The van der Waals surface area contributed by atoms with Crippen LogP contribution in [-0.4, -0.2) is 15.6 Å². The van der Waals surface area contributed by atoms with Gasteiger partial charge in [0.15, 0.2) is 0 Å². The molecule has 1 N–H and O–H groups in total. The van der Waals surface area contributed by atoms with Crippen molar-refractivity contribution in [3.8, 4) is 49.5 Å². The number of carboxylic acids is 1. The SMILES string of the molecule is [C-]#[N+]/C(=C\c1cc(CCCCCC)c(-c2cc(CCCCCC)c(-c3cc(CCCCCC)c(-c4cc(CCCCCC)c(-c5cc(CCCCCC)c(-c6ccc7c(c6)c6ccccc6n7CC)s5)s4)s3)s2)s1)C(=O)O. The van der Waals surface area contributed by atoms with E-state index >= 15 is 0 Å². The first-order chi connectivity index (χ1) is 37.7. The standard InChI is InChI=1S/C68H84N2O2S5/c1-8-14-19-24-31-47-40-53(46-56(69-7)68(71)72)73-64(47)59-43-49(33-26-21-16-10-3)66(75-59)61-45-51(35-28-23-18-12-5)67(77-61)62-44-50(34-27-22-17-11-4)65(76-62)60-42-48(32-25-20-15-9-2)63(74-60)52-38-39-58-55(41-52)54-36-29-30-37-57(54)70(58)13-6/h29-30,36-46H,8-28,31-35H2,1-6H3,(H,71,72)/b56-46-. The molecule has 0 aliphatic carbocycles. The molecule has 0 fully saturated rings. The minimum atomic E-state index is -1.17. The van der Waals surface area contributed by atoms with Gasteiger partial charge >= 0.3 is 5.97 Å². The van der Waals surface area contributed by atoms with E-state index < -0.39 is 5.97 Å². The molecule has 0 spiro atoms. The maximum absolute atomic E-state index is 12.0. The number of hydrogen-bond donors (Lipinski definition) is 1. The molecule has 77 heavy (non-hydrogen) atoms. The van der Waals surface area contributed by atoms with Gasteiger partial charge in [-0.1, -0.05) is 155 Å². The summed E-state index contributed by atoms with van der Waals surface area (Å²) in [5.74, 6) is -1.17. The van der Waals surface area contributed by atoms with Crippen LogP contribution in [0.25, 0.3) is 82.2 Å². The highest BCUT2D eigenvalue weighted by atomic mass is 32.1. The predicted molar refractivity (Wildman–Crippen MR) is 343 cm³/mol. The van der Waals surface area contributed by atoms with Crippen LogP contribution in [0.5, 0.6) is 0 Å². The second-order valence-corrected chi connectivity index (χ2v) is 26.6. The average Bonchev–Trinajstić information content (AvgIpc) is 4.38. The molecule has 0 atom stereocenters. The lowest BCUT2D eigenvalue weighted by molar-refractivity contribution is -0.132. The minimum Gasteiger partial charge on any atom is -0.486 e. The fraction of sp³-hybridized carbons (Fsp3) is 0.471. The lowest BCUT2D eigenvalue weighted by Crippen LogP contribution is -1.94. The third-order valence-electron chi connectivity index (χ3n) is 15.4. The summed E-state index contributed by atoms with van der Waals surface area (Å²) in [5.41, 5.74) is 11.0. The molecule has 9 heteroatoms. The van der Waals surface area contributed by atoms with E-state index in [9.17, 15) is 9.90 Å². The quantitative estimate of drug-likeness (QED) is 0.0253. The van der Waals surface area contributed by atoms with Crippen LogP contribution in [0.1, 0.15) is 203 Å². The summed E-state index contributed by atoms with van der Waals surface area (Å²) in [4.78, 5) is 28.8. The zero-order chi connectivity index (χ0) is 54.1. The van der Waals surface area contributed by atoms with Gasteiger partial charge < -0.3 is 9.67 Å². The third kappa shape index (κ3) is 14.6. The number of benzene rings is 2. The molecule has 0 unspecified atom stereocenters. The first-order valence-corrected chi connectivity index (χ1v) is 33.8. The number of nitrogens with zero attached hydrogens (tertiary/aromatic N) is 2. The fourth-order valence-corrected chi connectivity index (χ4v) is 17.7. The Kier molecular flexibility index (Phi) is 22.5. The summed E-state index contributed by atoms with van der Waals surface area (Å²) >= 11 is 9.74. The normalized spacial score (nSPS) is 12.0. The maximum atomic E-state index is 12.0. The molecular formula is C68H84N2O2S5. The van der Waals surface area contributed by atoms with E-state index in [0.717, 1.165) is 49.9 Å². The molecule has 408 valence electrons. The van der Waals surface area contributed by atoms with Crippen molar-refractivity contribution in [2.45, 2.75) is 209 Å². The average molecular weight is 1120 g/mol. The van der Waals surface area contributed by atoms with E-state index in [1.165, 1.54) is 221 Å². The Labute approximate surface area is 482 Å². The van der Waals surface area contributed by atoms with Crippen molar-refractivity contribution in [2.75, 3.05) is 0 Å². The van der Waals surface area contributed by atoms with Crippen molar-refractivity contribution in [2.24, 2.45) is 0 Å². The highest BCUT2D eigenvalue weighted by molar-refractivity contribution is 7.30. The van der Waals surface area contributed by atoms with Gasteiger partial charge in [0.25, 0.3) is 5.70 Å². The van der Waals surface area contributed by atoms with E-state index in [1.807, 2.05) is 34.0 Å². The molecular weight excluding hydrogens is 1040 g/mol. The number of rotatable bonds is 33. The summed E-state index contributed by atoms with van der Waals surface area (Å²) in [7, 11) is 0. The summed E-state index contributed by atoms with van der Waals surface area (Å²) < 4.78 is 2.47. The Morgan fingerprint density at radius 1 is 0.468 bits per heavy atom. The van der Waals surface area contributed by atoms with Gasteiger partial charge in [-0.2, -0.15) is 0 Å². The number of aliphatic carboxylic acids is 1. The van der Waals surface area contributed by atoms with Crippen LogP contribution in [-0.2, 0) is 43.4 Å². The van der Waals surface area contributed by atoms with Crippen LogP contribution in [0.2, 0.25) is 0 Å². The number of unbranched alkanes of at least 4 members (excludes halogenated alkanes) is 15. The third-order valence-corrected chi connectivity index (χ3v) is 22.0. The lowest BCUT2D eigenvalue weighted by Gasteiger charge is -2.06. The number of para-hydroxylation sites is 1. The summed E-state index contributed by atoms with van der Waals surface area (Å²) in [6.45, 7) is 22.3. The van der Waals surface area contributed by atoms with Gasteiger partial charge in [-0.25, -0.2) is 4.85 Å². The van der Waals surface area contributed by atoms with Crippen molar-refractivity contribution in [3.05, 3.63) is 123 Å². The first-order valence-electron chi connectivity index (χ1n) is 29.7. The van der Waals surface area contributed by atoms with Crippen molar-refractivity contribution in [3.63, 3.8) is 0 Å². The molecule has 0 aliphatic heterocycles. The van der Waals surface area contributed by atoms with Crippen LogP contribution in [0.3, 0.4) is 0 Å². The molecule has 0 aliphatic rings. The Morgan fingerprint density at radius 3 is 1.27 bits per heavy atom. The van der Waals surface area contributed by atoms with Gasteiger partial charge in [-0.3, -0.25) is 4.79 Å². The molecule has 0 saturated carbocycles. The number of carboxylic acid groups (broad SMARTS) is 1. The van der Waals surface area contributed by atoms with Crippen molar-refractivity contribution in [1.82, 2.24) is 4.57 Å². The van der Waals surface area contributed by atoms with Gasteiger partial charge in [0.2, 0.25) is 0 Å². The maximum Gasteiger partial charge on any atom is 0.333 e. The van der Waals surface area contributed by atoms with Crippen LogP contribution in [0, 0.1) is 6.57 Å². The Balaban J connectivity index is 1.24. The number of hydrogen-bond acceptors (Lipinski definition) is 6. The second kappa shape index (κ2) is 29.6. The highest BCUT2D eigenvalue weighted by Gasteiger charge is 2.25.